The smallest absolute Gasteiger partial charge is 0.128 e. The van der Waals surface area contributed by atoms with Crippen molar-refractivity contribution >= 4 is 11.6 Å². The molecule has 30 heavy (non-hydrogen) atoms. The van der Waals surface area contributed by atoms with Crippen molar-refractivity contribution in [3.05, 3.63) is 48.8 Å². The predicted molar refractivity (Wildman–Crippen MR) is 124 cm³/mol. The van der Waals surface area contributed by atoms with Crippen molar-refractivity contribution < 1.29 is 0 Å². The number of piperazine rings is 2. The van der Waals surface area contributed by atoms with Crippen LogP contribution in [0.25, 0.3) is 0 Å². The summed E-state index contributed by atoms with van der Waals surface area (Å²) in [5.74, 6) is 2.23. The lowest BCUT2D eigenvalue weighted by molar-refractivity contribution is 0.0260. The van der Waals surface area contributed by atoms with E-state index in [9.17, 15) is 0 Å². The van der Waals surface area contributed by atoms with Gasteiger partial charge in [-0.2, -0.15) is 0 Å². The fourth-order valence-corrected chi connectivity index (χ4v) is 4.75. The Morgan fingerprint density at radius 3 is 1.60 bits per heavy atom. The first-order chi connectivity index (χ1) is 14.8. The van der Waals surface area contributed by atoms with Crippen LogP contribution in [-0.4, -0.2) is 78.3 Å². The van der Waals surface area contributed by atoms with Gasteiger partial charge in [0.05, 0.1) is 6.17 Å². The molecule has 0 spiro atoms. The second-order valence-electron chi connectivity index (χ2n) is 8.40. The van der Waals surface area contributed by atoms with Crippen LogP contribution in [0.2, 0.25) is 0 Å². The van der Waals surface area contributed by atoms with Crippen LogP contribution in [0.1, 0.15) is 32.6 Å². The Bertz CT molecular complexity index is 664. The number of nitrogens with zero attached hydrogens (tertiary/aromatic N) is 6. The van der Waals surface area contributed by atoms with Crippen LogP contribution >= 0.6 is 0 Å². The summed E-state index contributed by atoms with van der Waals surface area (Å²) >= 11 is 0. The van der Waals surface area contributed by atoms with E-state index in [2.05, 4.69) is 60.8 Å². The fourth-order valence-electron chi connectivity index (χ4n) is 4.75. The first-order valence-electron chi connectivity index (χ1n) is 11.6. The second kappa shape index (κ2) is 10.7. The van der Waals surface area contributed by atoms with Gasteiger partial charge in [-0.3, -0.25) is 9.80 Å². The van der Waals surface area contributed by atoms with E-state index in [1.54, 1.807) is 0 Å². The largest absolute Gasteiger partial charge is 0.354 e. The van der Waals surface area contributed by atoms with Crippen LogP contribution < -0.4 is 9.80 Å². The molecule has 6 heteroatoms. The Hall–Kier alpha value is -2.18. The summed E-state index contributed by atoms with van der Waals surface area (Å²) in [4.78, 5) is 19.4. The molecule has 6 nitrogen and oxygen atoms in total. The third-order valence-electron chi connectivity index (χ3n) is 6.48. The molecule has 2 aliphatic heterocycles. The number of hydrogen-bond donors (Lipinski definition) is 0. The second-order valence-corrected chi connectivity index (χ2v) is 8.40. The van der Waals surface area contributed by atoms with E-state index in [0.29, 0.717) is 6.17 Å². The van der Waals surface area contributed by atoms with Crippen molar-refractivity contribution in [1.82, 2.24) is 19.8 Å². The van der Waals surface area contributed by atoms with Crippen LogP contribution in [0.3, 0.4) is 0 Å². The molecule has 2 saturated heterocycles. The van der Waals surface area contributed by atoms with Gasteiger partial charge in [0.1, 0.15) is 11.6 Å². The van der Waals surface area contributed by atoms with Crippen molar-refractivity contribution in [1.29, 1.82) is 0 Å². The lowest BCUT2D eigenvalue weighted by Crippen LogP contribution is -2.60. The van der Waals surface area contributed by atoms with Crippen LogP contribution in [0, 0.1) is 0 Å². The average molecular weight is 409 g/mol. The molecule has 4 heterocycles. The molecule has 0 atom stereocenters. The maximum absolute atomic E-state index is 4.55. The SMILES string of the molecule is CCCCCC(N1CCN(c2ccccn2)CC1)N1CCN(c2ccccn2)CC1. The van der Waals surface area contributed by atoms with E-state index in [1.807, 2.05) is 24.5 Å². The van der Waals surface area contributed by atoms with Crippen LogP contribution in [0.5, 0.6) is 0 Å². The van der Waals surface area contributed by atoms with E-state index in [4.69, 9.17) is 0 Å². The minimum Gasteiger partial charge on any atom is -0.354 e. The predicted octanol–water partition coefficient (Wildman–Crippen LogP) is 3.33. The summed E-state index contributed by atoms with van der Waals surface area (Å²) < 4.78 is 0. The van der Waals surface area contributed by atoms with Crippen molar-refractivity contribution in [2.75, 3.05) is 62.2 Å². The molecule has 2 aromatic rings. The van der Waals surface area contributed by atoms with Crippen molar-refractivity contribution in [2.24, 2.45) is 0 Å². The van der Waals surface area contributed by atoms with Crippen molar-refractivity contribution in [3.8, 4) is 0 Å². The Kier molecular flexibility index (Phi) is 7.54. The molecule has 162 valence electrons. The lowest BCUT2D eigenvalue weighted by Gasteiger charge is -2.47. The number of rotatable bonds is 8. The average Bonchev–Trinajstić information content (AvgIpc) is 2.83. The van der Waals surface area contributed by atoms with E-state index >= 15 is 0 Å². The Morgan fingerprint density at radius 2 is 1.20 bits per heavy atom. The highest BCUT2D eigenvalue weighted by Crippen LogP contribution is 2.22. The molecule has 2 aromatic heterocycles. The first kappa shape index (κ1) is 21.1. The molecular formula is C24H36N6. The zero-order valence-corrected chi connectivity index (χ0v) is 18.4. The molecule has 0 amide bonds. The van der Waals surface area contributed by atoms with E-state index in [0.717, 1.165) is 64.0 Å². The van der Waals surface area contributed by atoms with Gasteiger partial charge >= 0.3 is 0 Å². The molecule has 0 radical (unpaired) electrons. The summed E-state index contributed by atoms with van der Waals surface area (Å²) in [6, 6.07) is 12.4. The summed E-state index contributed by atoms with van der Waals surface area (Å²) in [5.41, 5.74) is 0. The molecular weight excluding hydrogens is 372 g/mol. The number of unbranched alkanes of at least 4 members (excludes halogenated alkanes) is 2. The van der Waals surface area contributed by atoms with Gasteiger partial charge in [-0.05, 0) is 30.7 Å². The first-order valence-corrected chi connectivity index (χ1v) is 11.6. The highest BCUT2D eigenvalue weighted by molar-refractivity contribution is 5.39. The normalized spacial score (nSPS) is 18.9. The molecule has 4 rings (SSSR count). The van der Waals surface area contributed by atoms with Gasteiger partial charge in [-0.15, -0.1) is 0 Å². The highest BCUT2D eigenvalue weighted by atomic mass is 15.4. The van der Waals surface area contributed by atoms with Gasteiger partial charge < -0.3 is 9.80 Å². The monoisotopic (exact) mass is 408 g/mol. The minimum atomic E-state index is 0.563. The number of aromatic nitrogens is 2. The summed E-state index contributed by atoms with van der Waals surface area (Å²) in [6.07, 6.45) is 9.58. The van der Waals surface area contributed by atoms with Gasteiger partial charge in [-0.1, -0.05) is 38.3 Å². The zero-order valence-electron chi connectivity index (χ0n) is 18.4. The molecule has 2 fully saturated rings. The number of anilines is 2. The molecule has 0 aromatic carbocycles. The molecule has 0 aliphatic carbocycles. The minimum absolute atomic E-state index is 0.563. The van der Waals surface area contributed by atoms with Gasteiger partial charge in [0.15, 0.2) is 0 Å². The van der Waals surface area contributed by atoms with Crippen LogP contribution in [-0.2, 0) is 0 Å². The Balaban J connectivity index is 1.35. The third-order valence-corrected chi connectivity index (χ3v) is 6.48. The van der Waals surface area contributed by atoms with Gasteiger partial charge in [0, 0.05) is 64.8 Å². The van der Waals surface area contributed by atoms with E-state index < -0.39 is 0 Å². The molecule has 0 saturated carbocycles. The summed E-state index contributed by atoms with van der Waals surface area (Å²) in [5, 5.41) is 0. The highest BCUT2D eigenvalue weighted by Gasteiger charge is 2.30. The lowest BCUT2D eigenvalue weighted by atomic mass is 10.1. The zero-order chi connectivity index (χ0) is 20.6. The van der Waals surface area contributed by atoms with Gasteiger partial charge in [-0.25, -0.2) is 9.97 Å². The number of hydrogen-bond acceptors (Lipinski definition) is 6. The van der Waals surface area contributed by atoms with Crippen molar-refractivity contribution in [3.63, 3.8) is 0 Å². The van der Waals surface area contributed by atoms with Gasteiger partial charge in [0.2, 0.25) is 0 Å². The maximum atomic E-state index is 4.55. The summed E-state index contributed by atoms with van der Waals surface area (Å²) in [6.45, 7) is 11.0. The molecule has 0 N–H and O–H groups in total. The van der Waals surface area contributed by atoms with Crippen molar-refractivity contribution in [2.45, 2.75) is 38.8 Å². The Morgan fingerprint density at radius 1 is 0.700 bits per heavy atom. The molecule has 0 unspecified atom stereocenters. The molecule has 0 bridgehead atoms. The standard InChI is InChI=1S/C24H36N6/c1-2-3-4-11-24(29-18-14-27(15-19-29)22-9-5-7-12-25-22)30-20-16-28(17-21-30)23-10-6-8-13-26-23/h5-10,12-13,24H,2-4,11,14-21H2,1H3. The van der Waals surface area contributed by atoms with E-state index in [1.165, 1.54) is 25.7 Å². The van der Waals surface area contributed by atoms with Gasteiger partial charge in [0.25, 0.3) is 0 Å². The summed E-state index contributed by atoms with van der Waals surface area (Å²) in [7, 11) is 0. The quantitative estimate of drug-likeness (QED) is 0.624. The maximum Gasteiger partial charge on any atom is 0.128 e. The molecule has 2 aliphatic rings. The third kappa shape index (κ3) is 5.29. The topological polar surface area (TPSA) is 38.7 Å². The fraction of sp³-hybridized carbons (Fsp3) is 0.583. The van der Waals surface area contributed by atoms with Crippen LogP contribution in [0.15, 0.2) is 48.8 Å². The number of pyridine rings is 2. The van der Waals surface area contributed by atoms with E-state index in [-0.39, 0.29) is 0 Å². The van der Waals surface area contributed by atoms with Crippen LogP contribution in [0.4, 0.5) is 11.6 Å². The Labute approximate surface area is 181 Å².